The van der Waals surface area contributed by atoms with Crippen molar-refractivity contribution in [3.8, 4) is 21.4 Å². The van der Waals surface area contributed by atoms with E-state index < -0.39 is 0 Å². The molecule has 3 aromatic rings. The fourth-order valence-electron chi connectivity index (χ4n) is 2.01. The second kappa shape index (κ2) is 6.58. The molecule has 22 heavy (non-hydrogen) atoms. The minimum Gasteiger partial charge on any atom is -0.445 e. The molecule has 0 atom stereocenters. The van der Waals surface area contributed by atoms with Crippen molar-refractivity contribution in [1.82, 2.24) is 9.97 Å². The van der Waals surface area contributed by atoms with Gasteiger partial charge in [-0.25, -0.2) is 4.98 Å². The summed E-state index contributed by atoms with van der Waals surface area (Å²) in [7, 11) is 0. The number of ether oxygens (including phenoxy) is 1. The van der Waals surface area contributed by atoms with Gasteiger partial charge in [0.25, 0.3) is 0 Å². The lowest BCUT2D eigenvalue weighted by atomic mass is 10.2. The summed E-state index contributed by atoms with van der Waals surface area (Å²) in [6, 6.07) is 11.9. The van der Waals surface area contributed by atoms with Gasteiger partial charge in [0.05, 0.1) is 5.69 Å². The normalized spacial score (nSPS) is 10.7. The quantitative estimate of drug-likeness (QED) is 0.593. The van der Waals surface area contributed by atoms with E-state index in [2.05, 4.69) is 38.9 Å². The van der Waals surface area contributed by atoms with Gasteiger partial charge in [-0.1, -0.05) is 34.2 Å². The Bertz CT molecular complexity index is 784. The number of rotatable bonds is 4. The predicted octanol–water partition coefficient (Wildman–Crippen LogP) is 5.63. The number of aromatic nitrogens is 2. The third kappa shape index (κ3) is 3.36. The molecule has 3 rings (SSSR count). The summed E-state index contributed by atoms with van der Waals surface area (Å²) >= 11 is 4.98. The minimum absolute atomic E-state index is 0.811. The molecular weight excluding hydrogens is 360 g/mol. The van der Waals surface area contributed by atoms with Gasteiger partial charge in [0, 0.05) is 21.9 Å². The van der Waals surface area contributed by atoms with Crippen LogP contribution in [0.15, 0.2) is 47.1 Å². The molecule has 0 radical (unpaired) electrons. The van der Waals surface area contributed by atoms with Crippen LogP contribution in [0.2, 0.25) is 0 Å². The third-order valence-electron chi connectivity index (χ3n) is 3.20. The van der Waals surface area contributed by atoms with Gasteiger partial charge in [0.15, 0.2) is 0 Å². The fourth-order valence-corrected chi connectivity index (χ4v) is 3.21. The number of benzene rings is 1. The Labute approximate surface area is 142 Å². The lowest BCUT2D eigenvalue weighted by molar-refractivity contribution is 0.491. The molecule has 2 heterocycles. The van der Waals surface area contributed by atoms with E-state index in [1.54, 1.807) is 11.3 Å². The van der Waals surface area contributed by atoms with Gasteiger partial charge in [-0.3, -0.25) is 4.98 Å². The molecule has 0 spiro atoms. The molecule has 0 fully saturated rings. The van der Waals surface area contributed by atoms with Crippen LogP contribution in [0.5, 0.6) is 10.8 Å². The van der Waals surface area contributed by atoms with E-state index in [9.17, 15) is 0 Å². The molecular formula is C17H15BrN2OS. The predicted molar refractivity (Wildman–Crippen MR) is 93.7 cm³/mol. The fraction of sp³-hybridized carbons (Fsp3) is 0.176. The number of pyridine rings is 1. The number of thiazole rings is 1. The Morgan fingerprint density at radius 2 is 1.95 bits per heavy atom. The van der Waals surface area contributed by atoms with Gasteiger partial charge in [0.2, 0.25) is 5.06 Å². The molecule has 2 aromatic heterocycles. The van der Waals surface area contributed by atoms with E-state index in [1.807, 2.05) is 43.5 Å². The Morgan fingerprint density at radius 1 is 1.18 bits per heavy atom. The molecule has 0 aliphatic carbocycles. The van der Waals surface area contributed by atoms with Crippen LogP contribution in [-0.4, -0.2) is 9.97 Å². The van der Waals surface area contributed by atoms with Crippen molar-refractivity contribution in [3.05, 3.63) is 58.5 Å². The Kier molecular flexibility index (Phi) is 4.55. The van der Waals surface area contributed by atoms with Crippen LogP contribution in [0.25, 0.3) is 10.6 Å². The molecule has 1 aromatic carbocycles. The van der Waals surface area contributed by atoms with Crippen LogP contribution >= 0.6 is 27.3 Å². The van der Waals surface area contributed by atoms with Crippen molar-refractivity contribution in [2.45, 2.75) is 20.3 Å². The zero-order valence-corrected chi connectivity index (χ0v) is 14.7. The monoisotopic (exact) mass is 374 g/mol. The summed E-state index contributed by atoms with van der Waals surface area (Å²) in [5.74, 6) is 0.811. The van der Waals surface area contributed by atoms with E-state index in [1.165, 1.54) is 0 Å². The molecule has 0 bridgehead atoms. The third-order valence-corrected chi connectivity index (χ3v) is 4.82. The molecule has 112 valence electrons. The van der Waals surface area contributed by atoms with Crippen molar-refractivity contribution in [3.63, 3.8) is 0 Å². The maximum atomic E-state index is 5.94. The lowest BCUT2D eigenvalue weighted by Crippen LogP contribution is -1.86. The minimum atomic E-state index is 0.811. The van der Waals surface area contributed by atoms with Crippen molar-refractivity contribution in [1.29, 1.82) is 0 Å². The SMILES string of the molecule is CCc1cc(-c2nc(C)c(Oc3ccc(Br)cc3)s2)ccn1. The molecule has 0 N–H and O–H groups in total. The van der Waals surface area contributed by atoms with Crippen molar-refractivity contribution >= 4 is 27.3 Å². The Hall–Kier alpha value is -1.72. The highest BCUT2D eigenvalue weighted by atomic mass is 79.9. The maximum Gasteiger partial charge on any atom is 0.204 e. The first-order valence-electron chi connectivity index (χ1n) is 7.02. The highest BCUT2D eigenvalue weighted by molar-refractivity contribution is 9.10. The molecule has 0 aliphatic rings. The Morgan fingerprint density at radius 3 is 2.68 bits per heavy atom. The average molecular weight is 375 g/mol. The largest absolute Gasteiger partial charge is 0.445 e. The lowest BCUT2D eigenvalue weighted by Gasteiger charge is -2.03. The number of hydrogen-bond acceptors (Lipinski definition) is 4. The van der Waals surface area contributed by atoms with Gasteiger partial charge < -0.3 is 4.74 Å². The number of hydrogen-bond donors (Lipinski definition) is 0. The van der Waals surface area contributed by atoms with Gasteiger partial charge in [-0.15, -0.1) is 0 Å². The van der Waals surface area contributed by atoms with Crippen LogP contribution in [0.3, 0.4) is 0 Å². The summed E-state index contributed by atoms with van der Waals surface area (Å²) in [5, 5.41) is 1.79. The van der Waals surface area contributed by atoms with Gasteiger partial charge in [-0.05, 0) is 49.7 Å². The van der Waals surface area contributed by atoms with Crippen molar-refractivity contribution in [2.24, 2.45) is 0 Å². The van der Waals surface area contributed by atoms with E-state index >= 15 is 0 Å². The maximum absolute atomic E-state index is 5.94. The van der Waals surface area contributed by atoms with Crippen molar-refractivity contribution in [2.75, 3.05) is 0 Å². The van der Waals surface area contributed by atoms with Crippen LogP contribution in [0.4, 0.5) is 0 Å². The van der Waals surface area contributed by atoms with Crippen LogP contribution < -0.4 is 4.74 Å². The smallest absolute Gasteiger partial charge is 0.204 e. The van der Waals surface area contributed by atoms with Crippen LogP contribution in [0.1, 0.15) is 18.3 Å². The summed E-state index contributed by atoms with van der Waals surface area (Å²) in [6.45, 7) is 4.07. The van der Waals surface area contributed by atoms with E-state index in [0.29, 0.717) is 0 Å². The van der Waals surface area contributed by atoms with E-state index in [0.717, 1.165) is 43.7 Å². The zero-order valence-electron chi connectivity index (χ0n) is 12.3. The Balaban J connectivity index is 1.88. The second-order valence-corrected chi connectivity index (χ2v) is 6.71. The van der Waals surface area contributed by atoms with Crippen LogP contribution in [-0.2, 0) is 6.42 Å². The van der Waals surface area contributed by atoms with Gasteiger partial charge in [0.1, 0.15) is 10.8 Å². The topological polar surface area (TPSA) is 35.0 Å². The standard InChI is InChI=1S/C17H15BrN2OS/c1-3-14-10-12(8-9-19-14)16-20-11(2)17(22-16)21-15-6-4-13(18)5-7-15/h4-10H,3H2,1-2H3. The first-order chi connectivity index (χ1) is 10.7. The van der Waals surface area contributed by atoms with Crippen LogP contribution in [0, 0.1) is 6.92 Å². The molecule has 0 saturated heterocycles. The summed E-state index contributed by atoms with van der Waals surface area (Å²) < 4.78 is 6.98. The molecule has 5 heteroatoms. The molecule has 0 aliphatic heterocycles. The highest BCUT2D eigenvalue weighted by Crippen LogP contribution is 2.36. The molecule has 0 saturated carbocycles. The first kappa shape index (κ1) is 15.2. The zero-order chi connectivity index (χ0) is 15.5. The summed E-state index contributed by atoms with van der Waals surface area (Å²) in [6.07, 6.45) is 2.75. The molecule has 3 nitrogen and oxygen atoms in total. The average Bonchev–Trinajstić information content (AvgIpc) is 2.91. The van der Waals surface area contributed by atoms with Gasteiger partial charge in [-0.2, -0.15) is 0 Å². The molecule has 0 amide bonds. The second-order valence-electron chi connectivity index (χ2n) is 4.84. The van der Waals surface area contributed by atoms with Gasteiger partial charge >= 0.3 is 0 Å². The molecule has 0 unspecified atom stereocenters. The van der Waals surface area contributed by atoms with E-state index in [-0.39, 0.29) is 0 Å². The summed E-state index contributed by atoms with van der Waals surface area (Å²) in [5.41, 5.74) is 3.06. The summed E-state index contributed by atoms with van der Waals surface area (Å²) in [4.78, 5) is 8.96. The highest BCUT2D eigenvalue weighted by Gasteiger charge is 2.12. The first-order valence-corrected chi connectivity index (χ1v) is 8.63. The van der Waals surface area contributed by atoms with Crippen molar-refractivity contribution < 1.29 is 4.74 Å². The number of nitrogens with zero attached hydrogens (tertiary/aromatic N) is 2. The number of aryl methyl sites for hydroxylation is 2. The number of halogens is 1. The van der Waals surface area contributed by atoms with E-state index in [4.69, 9.17) is 4.74 Å².